The fraction of sp³-hybridized carbons (Fsp3) is 0.750. The van der Waals surface area contributed by atoms with E-state index in [0.717, 1.165) is 0 Å². The van der Waals surface area contributed by atoms with Crippen LogP contribution in [-0.4, -0.2) is 58.5 Å². The molecular formula is C8H14N2O5. The van der Waals surface area contributed by atoms with Crippen LogP contribution in [-0.2, 0) is 9.59 Å². The molecule has 1 fully saturated rings. The smallest absolute Gasteiger partial charge is 0.328 e. The zero-order chi connectivity index (χ0) is 11.4. The van der Waals surface area contributed by atoms with Crippen LogP contribution in [0.3, 0.4) is 0 Å². The van der Waals surface area contributed by atoms with Crippen LogP contribution >= 0.6 is 0 Å². The zero-order valence-electron chi connectivity index (χ0n) is 8.01. The maximum Gasteiger partial charge on any atom is 0.328 e. The molecule has 1 rings (SSSR count). The van der Waals surface area contributed by atoms with Gasteiger partial charge in [-0.25, -0.2) is 4.79 Å². The van der Waals surface area contributed by atoms with Crippen LogP contribution in [0.25, 0.3) is 0 Å². The molecule has 0 aliphatic carbocycles. The van der Waals surface area contributed by atoms with Crippen LogP contribution in [0.15, 0.2) is 0 Å². The lowest BCUT2D eigenvalue weighted by Gasteiger charge is -2.15. The van der Waals surface area contributed by atoms with Crippen molar-refractivity contribution in [1.29, 1.82) is 0 Å². The van der Waals surface area contributed by atoms with E-state index in [1.54, 1.807) is 0 Å². The van der Waals surface area contributed by atoms with E-state index in [1.807, 2.05) is 0 Å². The minimum absolute atomic E-state index is 0.254. The Labute approximate surface area is 86.1 Å². The van der Waals surface area contributed by atoms with Gasteiger partial charge in [0, 0.05) is 6.54 Å². The van der Waals surface area contributed by atoms with Crippen LogP contribution < -0.4 is 10.6 Å². The van der Waals surface area contributed by atoms with Crippen molar-refractivity contribution in [3.05, 3.63) is 0 Å². The molecule has 0 radical (unpaired) electrons. The molecule has 86 valence electrons. The summed E-state index contributed by atoms with van der Waals surface area (Å²) in [7, 11) is 0. The number of carbonyl (C=O) groups excluding carboxylic acids is 1. The van der Waals surface area contributed by atoms with Crippen molar-refractivity contribution in [2.24, 2.45) is 0 Å². The van der Waals surface area contributed by atoms with Crippen LogP contribution in [0.1, 0.15) is 6.42 Å². The molecule has 0 aromatic heterocycles. The number of carbonyl (C=O) groups is 2. The van der Waals surface area contributed by atoms with Crippen LogP contribution in [0.4, 0.5) is 0 Å². The SMILES string of the molecule is O=C(N[C@H](CO)C(=O)O)C1CC(O)CN1. The Morgan fingerprint density at radius 1 is 1.53 bits per heavy atom. The van der Waals surface area contributed by atoms with E-state index in [-0.39, 0.29) is 6.42 Å². The third-order valence-electron chi connectivity index (χ3n) is 2.22. The molecule has 1 aliphatic heterocycles. The van der Waals surface area contributed by atoms with Gasteiger partial charge in [-0.3, -0.25) is 4.79 Å². The fourth-order valence-electron chi connectivity index (χ4n) is 1.37. The molecule has 0 aromatic carbocycles. The number of rotatable bonds is 4. The van der Waals surface area contributed by atoms with Crippen LogP contribution in [0, 0.1) is 0 Å². The van der Waals surface area contributed by atoms with Crippen molar-refractivity contribution in [3.8, 4) is 0 Å². The highest BCUT2D eigenvalue weighted by atomic mass is 16.4. The largest absolute Gasteiger partial charge is 0.480 e. The van der Waals surface area contributed by atoms with E-state index in [0.29, 0.717) is 6.54 Å². The summed E-state index contributed by atoms with van der Waals surface area (Å²) in [6.07, 6.45) is -0.331. The van der Waals surface area contributed by atoms with E-state index < -0.39 is 36.7 Å². The molecule has 0 saturated carbocycles. The van der Waals surface area contributed by atoms with Crippen molar-refractivity contribution in [2.45, 2.75) is 24.6 Å². The first kappa shape index (κ1) is 11.9. The van der Waals surface area contributed by atoms with Gasteiger partial charge in [-0.1, -0.05) is 0 Å². The highest BCUT2D eigenvalue weighted by Gasteiger charge is 2.30. The number of aliphatic carboxylic acids is 1. The molecule has 1 amide bonds. The van der Waals surface area contributed by atoms with Crippen molar-refractivity contribution in [3.63, 3.8) is 0 Å². The molecule has 2 unspecified atom stereocenters. The number of amides is 1. The Kier molecular flexibility index (Phi) is 4.01. The summed E-state index contributed by atoms with van der Waals surface area (Å²) in [5, 5.41) is 31.3. The van der Waals surface area contributed by atoms with Gasteiger partial charge < -0.3 is 26.0 Å². The fourth-order valence-corrected chi connectivity index (χ4v) is 1.37. The summed E-state index contributed by atoms with van der Waals surface area (Å²) in [5.41, 5.74) is 0. The number of carboxylic acids is 1. The van der Waals surface area contributed by atoms with Crippen molar-refractivity contribution in [1.82, 2.24) is 10.6 Å². The zero-order valence-corrected chi connectivity index (χ0v) is 8.01. The Morgan fingerprint density at radius 3 is 2.60 bits per heavy atom. The molecule has 3 atom stereocenters. The predicted molar refractivity (Wildman–Crippen MR) is 49.1 cm³/mol. The average molecular weight is 218 g/mol. The Balaban J connectivity index is 2.44. The molecule has 1 heterocycles. The normalized spacial score (nSPS) is 27.3. The molecule has 1 aliphatic rings. The molecule has 0 aromatic rings. The van der Waals surface area contributed by atoms with Gasteiger partial charge in [0.05, 0.1) is 18.8 Å². The summed E-state index contributed by atoms with van der Waals surface area (Å²) in [6.45, 7) is -0.342. The molecule has 1 saturated heterocycles. The molecular weight excluding hydrogens is 204 g/mol. The lowest BCUT2D eigenvalue weighted by molar-refractivity contribution is -0.143. The number of aliphatic hydroxyl groups excluding tert-OH is 2. The van der Waals surface area contributed by atoms with E-state index >= 15 is 0 Å². The highest BCUT2D eigenvalue weighted by Crippen LogP contribution is 2.06. The number of hydrogen-bond acceptors (Lipinski definition) is 5. The van der Waals surface area contributed by atoms with Gasteiger partial charge in [-0.05, 0) is 6.42 Å². The lowest BCUT2D eigenvalue weighted by Crippen LogP contribution is -2.49. The number of nitrogens with one attached hydrogen (secondary N) is 2. The maximum absolute atomic E-state index is 11.4. The summed E-state index contributed by atoms with van der Waals surface area (Å²) >= 11 is 0. The molecule has 15 heavy (non-hydrogen) atoms. The Hall–Kier alpha value is -1.18. The van der Waals surface area contributed by atoms with Crippen molar-refractivity contribution >= 4 is 11.9 Å². The number of aliphatic hydroxyl groups is 2. The minimum Gasteiger partial charge on any atom is -0.480 e. The molecule has 7 nitrogen and oxygen atoms in total. The van der Waals surface area contributed by atoms with Crippen molar-refractivity contribution < 1.29 is 24.9 Å². The molecule has 0 spiro atoms. The van der Waals surface area contributed by atoms with Gasteiger partial charge in [0.25, 0.3) is 0 Å². The van der Waals surface area contributed by atoms with Gasteiger partial charge in [-0.15, -0.1) is 0 Å². The van der Waals surface area contributed by atoms with Crippen molar-refractivity contribution in [2.75, 3.05) is 13.2 Å². The van der Waals surface area contributed by atoms with E-state index in [4.69, 9.17) is 15.3 Å². The second-order valence-corrected chi connectivity index (χ2v) is 3.43. The number of hydrogen-bond donors (Lipinski definition) is 5. The first-order valence-electron chi connectivity index (χ1n) is 4.60. The van der Waals surface area contributed by atoms with Gasteiger partial charge in [0.15, 0.2) is 0 Å². The lowest BCUT2D eigenvalue weighted by atomic mass is 10.2. The molecule has 0 bridgehead atoms. The summed E-state index contributed by atoms with van der Waals surface area (Å²) in [4.78, 5) is 21.9. The van der Waals surface area contributed by atoms with Gasteiger partial charge in [-0.2, -0.15) is 0 Å². The first-order valence-corrected chi connectivity index (χ1v) is 4.60. The van der Waals surface area contributed by atoms with Gasteiger partial charge in [0.1, 0.15) is 6.04 Å². The highest BCUT2D eigenvalue weighted by molar-refractivity contribution is 5.87. The standard InChI is InChI=1S/C8H14N2O5/c11-3-6(8(14)15)10-7(13)5-1-4(12)2-9-5/h4-6,9,11-12H,1-3H2,(H,10,13)(H,14,15)/t4?,5?,6-/m1/s1. The number of carboxylic acid groups (broad SMARTS) is 1. The summed E-state index contributed by atoms with van der Waals surface area (Å²) < 4.78 is 0. The first-order chi connectivity index (χ1) is 7.04. The monoisotopic (exact) mass is 218 g/mol. The van der Waals surface area contributed by atoms with Crippen LogP contribution in [0.5, 0.6) is 0 Å². The third kappa shape index (κ3) is 3.15. The number of β-amino-alcohol motifs (C(OH)–C–C–N with tert-alkyl or cyclic N) is 1. The molecule has 7 heteroatoms. The topological polar surface area (TPSA) is 119 Å². The minimum atomic E-state index is -1.29. The quantitative estimate of drug-likeness (QED) is 0.349. The van der Waals surface area contributed by atoms with Gasteiger partial charge >= 0.3 is 5.97 Å². The maximum atomic E-state index is 11.4. The average Bonchev–Trinajstić information content (AvgIpc) is 2.60. The summed E-state index contributed by atoms with van der Waals surface area (Å²) in [5.74, 6) is -1.81. The Bertz CT molecular complexity index is 257. The second-order valence-electron chi connectivity index (χ2n) is 3.43. The molecule has 5 N–H and O–H groups in total. The van der Waals surface area contributed by atoms with Gasteiger partial charge in [0.2, 0.25) is 5.91 Å². The second kappa shape index (κ2) is 5.06. The van der Waals surface area contributed by atoms with E-state index in [2.05, 4.69) is 10.6 Å². The van der Waals surface area contributed by atoms with E-state index in [1.165, 1.54) is 0 Å². The third-order valence-corrected chi connectivity index (χ3v) is 2.22. The Morgan fingerprint density at radius 2 is 2.20 bits per heavy atom. The summed E-state index contributed by atoms with van der Waals surface area (Å²) in [6, 6.07) is -1.88. The van der Waals surface area contributed by atoms with Crippen LogP contribution in [0.2, 0.25) is 0 Å². The predicted octanol–water partition coefficient (Wildman–Crippen LogP) is -2.73. The van der Waals surface area contributed by atoms with E-state index in [9.17, 15) is 9.59 Å².